The average molecular weight is 613 g/mol. The number of carbonyl (C=O) groups is 6. The van der Waals surface area contributed by atoms with E-state index in [9.17, 15) is 24.0 Å². The number of hydrogen-bond donors (Lipinski definition) is 6. The number of unbranched alkanes of at least 4 members (excludes halogenated alkanes) is 9. The normalized spacial score (nSPS) is 8.71. The van der Waals surface area contributed by atoms with E-state index in [-0.39, 0.29) is 6.42 Å². The summed E-state index contributed by atoms with van der Waals surface area (Å²) in [6, 6.07) is 0. The van der Waals surface area contributed by atoms with Gasteiger partial charge in [-0.2, -0.15) is 0 Å². The summed E-state index contributed by atoms with van der Waals surface area (Å²) in [5.41, 5.74) is 0. The first-order chi connectivity index (χ1) is 19.6. The molecular formula is C30H60O12. The van der Waals surface area contributed by atoms with Gasteiger partial charge in [0.25, 0.3) is 5.97 Å². The van der Waals surface area contributed by atoms with Crippen LogP contribution in [0.5, 0.6) is 0 Å². The van der Waals surface area contributed by atoms with Crippen LogP contribution in [0.4, 0.5) is 0 Å². The van der Waals surface area contributed by atoms with Crippen molar-refractivity contribution in [1.82, 2.24) is 0 Å². The van der Waals surface area contributed by atoms with E-state index in [2.05, 4.69) is 20.8 Å². The lowest BCUT2D eigenvalue weighted by Crippen LogP contribution is -1.93. The number of carboxylic acids is 6. The fourth-order valence-electron chi connectivity index (χ4n) is 2.32. The molecule has 0 aromatic heterocycles. The highest BCUT2D eigenvalue weighted by molar-refractivity contribution is 5.67. The third kappa shape index (κ3) is 120. The molecule has 0 saturated carbocycles. The van der Waals surface area contributed by atoms with Crippen molar-refractivity contribution in [3.05, 3.63) is 0 Å². The van der Waals surface area contributed by atoms with Crippen molar-refractivity contribution < 1.29 is 59.4 Å². The van der Waals surface area contributed by atoms with E-state index < -0.39 is 35.8 Å². The molecular weight excluding hydrogens is 552 g/mol. The van der Waals surface area contributed by atoms with Gasteiger partial charge in [0.1, 0.15) is 0 Å². The van der Waals surface area contributed by atoms with E-state index in [1.54, 1.807) is 6.92 Å². The molecule has 0 aliphatic carbocycles. The van der Waals surface area contributed by atoms with E-state index in [4.69, 9.17) is 35.4 Å². The maximum atomic E-state index is 10.0. The zero-order chi connectivity index (χ0) is 34.2. The van der Waals surface area contributed by atoms with Crippen molar-refractivity contribution in [1.29, 1.82) is 0 Å². The third-order valence-electron chi connectivity index (χ3n) is 4.50. The quantitative estimate of drug-likeness (QED) is 0.0824. The lowest BCUT2D eigenvalue weighted by Gasteiger charge is -1.95. The van der Waals surface area contributed by atoms with Crippen LogP contribution in [-0.4, -0.2) is 66.5 Å². The average Bonchev–Trinajstić information content (AvgIpc) is 2.87. The molecule has 0 aliphatic heterocycles. The highest BCUT2D eigenvalue weighted by Crippen LogP contribution is 2.04. The van der Waals surface area contributed by atoms with Gasteiger partial charge in [-0.25, -0.2) is 0 Å². The highest BCUT2D eigenvalue weighted by Gasteiger charge is 1.95. The Morgan fingerprint density at radius 1 is 0.357 bits per heavy atom. The van der Waals surface area contributed by atoms with Crippen LogP contribution in [0.25, 0.3) is 0 Å². The molecule has 0 spiro atoms. The number of hydrogen-bond acceptors (Lipinski definition) is 6. The number of aliphatic carboxylic acids is 6. The highest BCUT2D eigenvalue weighted by atomic mass is 16.4. The van der Waals surface area contributed by atoms with Crippen LogP contribution in [-0.2, 0) is 28.8 Å². The van der Waals surface area contributed by atoms with Gasteiger partial charge in [-0.05, 0) is 25.7 Å². The van der Waals surface area contributed by atoms with Gasteiger partial charge < -0.3 is 30.6 Å². The zero-order valence-electron chi connectivity index (χ0n) is 26.9. The molecule has 0 heterocycles. The third-order valence-corrected chi connectivity index (χ3v) is 4.50. The van der Waals surface area contributed by atoms with Gasteiger partial charge in [0, 0.05) is 39.0 Å². The molecule has 0 atom stereocenters. The predicted molar refractivity (Wildman–Crippen MR) is 163 cm³/mol. The summed E-state index contributed by atoms with van der Waals surface area (Å²) in [5, 5.41) is 47.7. The Morgan fingerprint density at radius 3 is 0.762 bits per heavy atom. The van der Waals surface area contributed by atoms with Gasteiger partial charge in [-0.3, -0.25) is 28.8 Å². The molecule has 0 rings (SSSR count). The lowest BCUT2D eigenvalue weighted by atomic mass is 10.1. The van der Waals surface area contributed by atoms with E-state index in [0.717, 1.165) is 64.7 Å². The summed E-state index contributed by atoms with van der Waals surface area (Å²) in [6.45, 7) is 10.8. The molecule has 0 aromatic rings. The molecule has 6 N–H and O–H groups in total. The first-order valence-corrected chi connectivity index (χ1v) is 14.9. The molecule has 252 valence electrons. The SMILES string of the molecule is CC(=O)O.CCC(=O)O.CCCC(=O)O.CCCCCC(=O)O.CCCCCCC(=O)O.CCCCCCCC(=O)O. The van der Waals surface area contributed by atoms with E-state index >= 15 is 0 Å². The minimum absolute atomic E-state index is 0.222. The molecule has 0 radical (unpaired) electrons. The second-order valence-electron chi connectivity index (χ2n) is 9.02. The van der Waals surface area contributed by atoms with Crippen LogP contribution >= 0.6 is 0 Å². The van der Waals surface area contributed by atoms with Gasteiger partial charge >= 0.3 is 29.8 Å². The first-order valence-electron chi connectivity index (χ1n) is 14.9. The summed E-state index contributed by atoms with van der Waals surface area (Å²) < 4.78 is 0. The molecule has 12 heteroatoms. The standard InChI is InChI=1S/C8H16O2.C7H14O2.C6H12O2.C4H8O2.C3H6O2.C2H4O2/c1-2-3-4-5-6-7-8(9)10;1-2-3-4-5-6-7(8)9;1-2-3-4-5-6(7)8;1-2-3-4(5)6;1-2-3(4)5;1-2(3)4/h2-7H2,1H3,(H,9,10);2-6H2,1H3,(H,8,9);2-5H2,1H3,(H,7,8);2-3H2,1H3,(H,5,6);2H2,1H3,(H,4,5);1H3,(H,3,4). The zero-order valence-corrected chi connectivity index (χ0v) is 26.9. The van der Waals surface area contributed by atoms with E-state index in [1.807, 2.05) is 6.92 Å². The molecule has 0 bridgehead atoms. The smallest absolute Gasteiger partial charge is 0.303 e. The molecule has 0 aliphatic rings. The number of carboxylic acid groups (broad SMARTS) is 6. The van der Waals surface area contributed by atoms with Crippen LogP contribution in [0.3, 0.4) is 0 Å². The monoisotopic (exact) mass is 612 g/mol. The van der Waals surface area contributed by atoms with Gasteiger partial charge in [0.15, 0.2) is 0 Å². The van der Waals surface area contributed by atoms with Crippen molar-refractivity contribution in [3.63, 3.8) is 0 Å². The predicted octanol–water partition coefficient (Wildman–Crippen LogP) is 7.57. The molecule has 42 heavy (non-hydrogen) atoms. The Bertz CT molecular complexity index is 630. The summed E-state index contributed by atoms with van der Waals surface area (Å²) >= 11 is 0. The van der Waals surface area contributed by atoms with Crippen LogP contribution in [0.1, 0.15) is 157 Å². The minimum Gasteiger partial charge on any atom is -0.481 e. The summed E-state index contributed by atoms with van der Waals surface area (Å²) in [6.07, 6.45) is 15.0. The molecule has 0 amide bonds. The van der Waals surface area contributed by atoms with Crippen molar-refractivity contribution >= 4 is 35.8 Å². The second kappa shape index (κ2) is 47.6. The Labute approximate surface area is 252 Å². The van der Waals surface area contributed by atoms with Crippen LogP contribution in [0.15, 0.2) is 0 Å². The topological polar surface area (TPSA) is 224 Å². The van der Waals surface area contributed by atoms with Gasteiger partial charge in [0.05, 0.1) is 0 Å². The fourth-order valence-corrected chi connectivity index (χ4v) is 2.32. The van der Waals surface area contributed by atoms with Crippen molar-refractivity contribution in [2.75, 3.05) is 0 Å². The van der Waals surface area contributed by atoms with Crippen molar-refractivity contribution in [2.24, 2.45) is 0 Å². The number of rotatable bonds is 18. The summed E-state index contributed by atoms with van der Waals surface area (Å²) in [7, 11) is 0. The first kappa shape index (κ1) is 51.5. The summed E-state index contributed by atoms with van der Waals surface area (Å²) in [5.74, 6) is -4.32. The van der Waals surface area contributed by atoms with E-state index in [0.29, 0.717) is 25.7 Å². The Balaban J connectivity index is -0.0000000950. The maximum absolute atomic E-state index is 10.0. The Hall–Kier alpha value is -3.18. The summed E-state index contributed by atoms with van der Waals surface area (Å²) in [4.78, 5) is 57.8. The molecule has 0 saturated heterocycles. The molecule has 0 aromatic carbocycles. The second-order valence-corrected chi connectivity index (χ2v) is 9.02. The van der Waals surface area contributed by atoms with Gasteiger partial charge in [-0.1, -0.05) is 92.4 Å². The maximum Gasteiger partial charge on any atom is 0.303 e. The van der Waals surface area contributed by atoms with Crippen LogP contribution in [0, 0.1) is 0 Å². The van der Waals surface area contributed by atoms with Crippen molar-refractivity contribution in [2.45, 2.75) is 157 Å². The molecule has 0 unspecified atom stereocenters. The Kier molecular flexibility index (Phi) is 58.4. The molecule has 0 fully saturated rings. The Morgan fingerprint density at radius 2 is 0.571 bits per heavy atom. The van der Waals surface area contributed by atoms with Crippen molar-refractivity contribution in [3.8, 4) is 0 Å². The fraction of sp³-hybridized carbons (Fsp3) is 0.800. The van der Waals surface area contributed by atoms with Crippen LogP contribution in [0.2, 0.25) is 0 Å². The lowest BCUT2D eigenvalue weighted by molar-refractivity contribution is -0.138. The largest absolute Gasteiger partial charge is 0.481 e. The van der Waals surface area contributed by atoms with Gasteiger partial charge in [-0.15, -0.1) is 0 Å². The minimum atomic E-state index is -0.833. The van der Waals surface area contributed by atoms with Crippen LogP contribution < -0.4 is 0 Å². The van der Waals surface area contributed by atoms with E-state index in [1.165, 1.54) is 25.7 Å². The molecule has 12 nitrogen and oxygen atoms in total. The van der Waals surface area contributed by atoms with Gasteiger partial charge in [0.2, 0.25) is 0 Å².